The van der Waals surface area contributed by atoms with Gasteiger partial charge in [-0.3, -0.25) is 4.90 Å². The number of anilines is 2. The van der Waals surface area contributed by atoms with Gasteiger partial charge in [0.25, 0.3) is 0 Å². The molecule has 0 saturated heterocycles. The highest BCUT2D eigenvalue weighted by Gasteiger charge is 2.14. The monoisotopic (exact) mass is 404 g/mol. The van der Waals surface area contributed by atoms with Crippen LogP contribution >= 0.6 is 11.3 Å². The van der Waals surface area contributed by atoms with Crippen molar-refractivity contribution in [1.82, 2.24) is 24.6 Å². The molecule has 1 unspecified atom stereocenters. The van der Waals surface area contributed by atoms with Crippen LogP contribution < -0.4 is 5.32 Å². The van der Waals surface area contributed by atoms with Gasteiger partial charge in [0, 0.05) is 23.7 Å². The molecule has 0 spiro atoms. The van der Waals surface area contributed by atoms with Crippen LogP contribution in [0.2, 0.25) is 0 Å². The fourth-order valence-corrected chi connectivity index (χ4v) is 3.81. The van der Waals surface area contributed by atoms with E-state index in [9.17, 15) is 0 Å². The Kier molecular flexibility index (Phi) is 5.69. The summed E-state index contributed by atoms with van der Waals surface area (Å²) in [6.07, 6.45) is 3.25. The first-order valence-electron chi connectivity index (χ1n) is 9.52. The van der Waals surface area contributed by atoms with Crippen LogP contribution in [0.5, 0.6) is 0 Å². The number of nitrogens with zero attached hydrogens (tertiary/aromatic N) is 5. The molecule has 0 fully saturated rings. The van der Waals surface area contributed by atoms with Crippen LogP contribution in [0.15, 0.2) is 66.6 Å². The summed E-state index contributed by atoms with van der Waals surface area (Å²) in [5.41, 5.74) is 5.64. The lowest BCUT2D eigenvalue weighted by atomic mass is 10.1. The lowest BCUT2D eigenvalue weighted by Crippen LogP contribution is -2.22. The van der Waals surface area contributed by atoms with E-state index >= 15 is 0 Å². The lowest BCUT2D eigenvalue weighted by molar-refractivity contribution is 0.250. The van der Waals surface area contributed by atoms with Crippen LogP contribution in [0.4, 0.5) is 10.8 Å². The summed E-state index contributed by atoms with van der Waals surface area (Å²) in [5, 5.41) is 10.6. The van der Waals surface area contributed by atoms with Crippen LogP contribution in [0, 0.1) is 6.92 Å². The van der Waals surface area contributed by atoms with E-state index in [2.05, 4.69) is 95.1 Å². The molecular weight excluding hydrogens is 380 g/mol. The largest absolute Gasteiger partial charge is 0.332 e. The zero-order valence-electron chi connectivity index (χ0n) is 16.8. The molecule has 0 aliphatic carbocycles. The number of hydrogen-bond donors (Lipinski definition) is 1. The highest BCUT2D eigenvalue weighted by molar-refractivity contribution is 7.13. The van der Waals surface area contributed by atoms with Crippen molar-refractivity contribution in [2.45, 2.75) is 26.4 Å². The molecular formula is C22H24N6S. The van der Waals surface area contributed by atoms with E-state index in [0.717, 1.165) is 28.7 Å². The first-order chi connectivity index (χ1) is 14.1. The molecule has 4 aromatic rings. The molecule has 0 aliphatic rings. The molecule has 0 radical (unpaired) electrons. The Balaban J connectivity index is 1.38. The van der Waals surface area contributed by atoms with Crippen LogP contribution in [0.25, 0.3) is 5.69 Å². The second-order valence-electron chi connectivity index (χ2n) is 7.16. The Bertz CT molecular complexity index is 1040. The van der Waals surface area contributed by atoms with Gasteiger partial charge in [0.05, 0.1) is 11.4 Å². The third-order valence-electron chi connectivity index (χ3n) is 4.99. The summed E-state index contributed by atoms with van der Waals surface area (Å²) in [7, 11) is 2.13. The van der Waals surface area contributed by atoms with Gasteiger partial charge in [0.15, 0.2) is 5.13 Å². The topological polar surface area (TPSA) is 58.9 Å². The molecule has 2 aromatic carbocycles. The number of aryl methyl sites for hydroxylation is 1. The quantitative estimate of drug-likeness (QED) is 0.471. The smallest absolute Gasteiger partial charge is 0.187 e. The summed E-state index contributed by atoms with van der Waals surface area (Å²) < 4.78 is 1.76. The van der Waals surface area contributed by atoms with E-state index in [-0.39, 0.29) is 6.04 Å². The maximum absolute atomic E-state index is 4.74. The minimum absolute atomic E-state index is 0.273. The molecule has 4 rings (SSSR count). The van der Waals surface area contributed by atoms with E-state index in [4.69, 9.17) is 4.98 Å². The molecule has 29 heavy (non-hydrogen) atoms. The first kappa shape index (κ1) is 19.3. The van der Waals surface area contributed by atoms with Gasteiger partial charge in [-0.15, -0.1) is 11.3 Å². The molecule has 2 heterocycles. The van der Waals surface area contributed by atoms with Crippen molar-refractivity contribution < 1.29 is 0 Å². The van der Waals surface area contributed by atoms with Gasteiger partial charge in [-0.2, -0.15) is 5.10 Å². The lowest BCUT2D eigenvalue weighted by Gasteiger charge is -2.24. The average Bonchev–Trinajstić information content (AvgIpc) is 3.42. The predicted molar refractivity (Wildman–Crippen MR) is 118 cm³/mol. The minimum atomic E-state index is 0.273. The van der Waals surface area contributed by atoms with Crippen LogP contribution in [0.1, 0.15) is 29.8 Å². The van der Waals surface area contributed by atoms with E-state index in [1.54, 1.807) is 28.7 Å². The normalized spacial score (nSPS) is 12.3. The van der Waals surface area contributed by atoms with Gasteiger partial charge >= 0.3 is 0 Å². The molecule has 0 amide bonds. The summed E-state index contributed by atoms with van der Waals surface area (Å²) in [6.45, 7) is 5.09. The Labute approximate surface area is 174 Å². The van der Waals surface area contributed by atoms with Crippen LogP contribution in [0.3, 0.4) is 0 Å². The molecule has 1 atom stereocenters. The molecule has 1 N–H and O–H groups in total. The number of thiazole rings is 1. The number of rotatable bonds is 7. The van der Waals surface area contributed by atoms with E-state index in [1.807, 2.05) is 0 Å². The number of hydrogen-bond acceptors (Lipinski definition) is 6. The SMILES string of the molecule is Cc1ccc(Nc2nc(CN(C)C(C)c3ccc(-n4cncn4)cc3)cs2)cc1. The Morgan fingerprint density at radius 2 is 1.86 bits per heavy atom. The van der Waals surface area contributed by atoms with Crippen molar-refractivity contribution in [3.63, 3.8) is 0 Å². The Morgan fingerprint density at radius 3 is 2.55 bits per heavy atom. The van der Waals surface area contributed by atoms with Gasteiger partial charge < -0.3 is 5.32 Å². The molecule has 0 bridgehead atoms. The Hall–Kier alpha value is -3.03. The van der Waals surface area contributed by atoms with Gasteiger partial charge in [0.1, 0.15) is 12.7 Å². The fraction of sp³-hybridized carbons (Fsp3) is 0.227. The van der Waals surface area contributed by atoms with Crippen molar-refractivity contribution in [2.75, 3.05) is 12.4 Å². The van der Waals surface area contributed by atoms with Crippen molar-refractivity contribution in [3.8, 4) is 5.69 Å². The predicted octanol–water partition coefficient (Wildman–Crippen LogP) is 4.97. The summed E-state index contributed by atoms with van der Waals surface area (Å²) in [4.78, 5) is 11.0. The van der Waals surface area contributed by atoms with Gasteiger partial charge in [-0.25, -0.2) is 14.6 Å². The second-order valence-corrected chi connectivity index (χ2v) is 8.02. The fourth-order valence-electron chi connectivity index (χ4n) is 3.09. The maximum Gasteiger partial charge on any atom is 0.187 e. The van der Waals surface area contributed by atoms with Gasteiger partial charge in [-0.05, 0) is 50.7 Å². The van der Waals surface area contributed by atoms with Crippen molar-refractivity contribution >= 4 is 22.2 Å². The van der Waals surface area contributed by atoms with Gasteiger partial charge in [-0.1, -0.05) is 29.8 Å². The van der Waals surface area contributed by atoms with E-state index < -0.39 is 0 Å². The van der Waals surface area contributed by atoms with Crippen molar-refractivity contribution in [3.05, 3.63) is 83.4 Å². The zero-order chi connectivity index (χ0) is 20.2. The Morgan fingerprint density at radius 1 is 1.10 bits per heavy atom. The van der Waals surface area contributed by atoms with Gasteiger partial charge in [0.2, 0.25) is 0 Å². The molecule has 7 heteroatoms. The third-order valence-corrected chi connectivity index (χ3v) is 5.79. The summed E-state index contributed by atoms with van der Waals surface area (Å²) >= 11 is 1.63. The van der Waals surface area contributed by atoms with E-state index in [1.165, 1.54) is 11.1 Å². The zero-order valence-corrected chi connectivity index (χ0v) is 17.6. The molecule has 148 valence electrons. The first-order valence-corrected chi connectivity index (χ1v) is 10.4. The van der Waals surface area contributed by atoms with Crippen LogP contribution in [-0.4, -0.2) is 31.7 Å². The second kappa shape index (κ2) is 8.55. The molecule has 6 nitrogen and oxygen atoms in total. The number of benzene rings is 2. The van der Waals surface area contributed by atoms with Crippen molar-refractivity contribution in [1.29, 1.82) is 0 Å². The minimum Gasteiger partial charge on any atom is -0.332 e. The average molecular weight is 405 g/mol. The third kappa shape index (κ3) is 4.70. The molecule has 2 aromatic heterocycles. The summed E-state index contributed by atoms with van der Waals surface area (Å²) in [6, 6.07) is 17.0. The van der Waals surface area contributed by atoms with Crippen molar-refractivity contribution in [2.24, 2.45) is 0 Å². The standard InChI is InChI=1S/C22H24N6S/c1-16-4-8-19(9-5-16)25-22-26-20(13-29-22)12-27(3)17(2)18-6-10-21(11-7-18)28-15-23-14-24-28/h4-11,13-15,17H,12H2,1-3H3,(H,25,26). The summed E-state index contributed by atoms with van der Waals surface area (Å²) in [5.74, 6) is 0. The number of aromatic nitrogens is 4. The molecule has 0 aliphatic heterocycles. The highest BCUT2D eigenvalue weighted by atomic mass is 32.1. The van der Waals surface area contributed by atoms with Crippen LogP contribution in [-0.2, 0) is 6.54 Å². The maximum atomic E-state index is 4.74. The molecule has 0 saturated carbocycles. The number of nitrogens with one attached hydrogen (secondary N) is 1. The van der Waals surface area contributed by atoms with E-state index in [0.29, 0.717) is 0 Å². The highest BCUT2D eigenvalue weighted by Crippen LogP contribution is 2.25.